The maximum atomic E-state index is 13.9. The molecule has 0 fully saturated rings. The Morgan fingerprint density at radius 1 is 0.327 bits per heavy atom. The predicted octanol–water partition coefficient (Wildman–Crippen LogP) is 7.85. The van der Waals surface area contributed by atoms with Crippen molar-refractivity contribution in [2.75, 3.05) is 0 Å². The lowest BCUT2D eigenvalue weighted by atomic mass is 9.92. The minimum Gasteiger partial charge on any atom is -0.420 e. The highest BCUT2D eigenvalue weighted by Crippen LogP contribution is 2.33. The first-order chi connectivity index (χ1) is 22.8. The number of rotatable bonds is 12. The molecule has 6 nitrogen and oxygen atoms in total. The van der Waals surface area contributed by atoms with Gasteiger partial charge in [0.1, 0.15) is 0 Å². The highest BCUT2D eigenvalue weighted by atomic mass is 19.2. The van der Waals surface area contributed by atoms with Gasteiger partial charge in [0.15, 0.2) is 0 Å². The molecule has 0 spiro atoms. The third kappa shape index (κ3) is 8.19. The van der Waals surface area contributed by atoms with Crippen LogP contribution in [0.5, 0.6) is 17.2 Å². The Balaban J connectivity index is 1.76. The summed E-state index contributed by atoms with van der Waals surface area (Å²) in [5, 5.41) is 0. The van der Waals surface area contributed by atoms with Crippen molar-refractivity contribution in [3.63, 3.8) is 0 Å². The summed E-state index contributed by atoms with van der Waals surface area (Å²) >= 11 is 0. The predicted molar refractivity (Wildman–Crippen MR) is 127 cm³/mol. The second kappa shape index (κ2) is 15.5. The first-order valence-corrected chi connectivity index (χ1v) is 13.0. The van der Waals surface area contributed by atoms with Gasteiger partial charge in [-0.25, -0.2) is 39.5 Å². The number of carbonyl (C=O) groups excluding carboxylic acids is 3. The topological polar surface area (TPSA) is 78.9 Å². The second-order valence-corrected chi connectivity index (χ2v) is 9.60. The molecule has 0 bridgehead atoms. The van der Waals surface area contributed by atoms with Crippen LogP contribution in [0.2, 0.25) is 0 Å². The lowest BCUT2D eigenvalue weighted by Crippen LogP contribution is -2.18. The van der Waals surface area contributed by atoms with Gasteiger partial charge in [-0.15, -0.1) is 0 Å². The molecule has 0 saturated heterocycles. The molecule has 0 atom stereocenters. The molecule has 0 amide bonds. The number of esters is 3. The zero-order valence-corrected chi connectivity index (χ0v) is 23.4. The molecule has 0 radical (unpaired) electrons. The summed E-state index contributed by atoms with van der Waals surface area (Å²) in [7, 11) is 0. The highest BCUT2D eigenvalue weighted by molar-refractivity contribution is 5.74. The molecule has 3 aromatic carbocycles. The average molecular weight is 730 g/mol. The minimum absolute atomic E-state index is 0.667. The largest absolute Gasteiger partial charge is 0.420 e. The Kier molecular flexibility index (Phi) is 12.2. The molecule has 0 aliphatic heterocycles. The van der Waals surface area contributed by atoms with E-state index in [1.54, 1.807) is 0 Å². The SMILES string of the molecule is O=C(CCC(CCC(=O)Oc1c(F)c(F)c(F)c(F)c1F)CCC(=O)Oc1c(F)c(F)c(F)c(F)c1F)Oc1c(F)c(F)c(F)c(F)c1F. The molecule has 266 valence electrons. The molecule has 0 aromatic heterocycles. The molecule has 49 heavy (non-hydrogen) atoms. The van der Waals surface area contributed by atoms with Gasteiger partial charge in [0, 0.05) is 19.3 Å². The van der Waals surface area contributed by atoms with Gasteiger partial charge in [-0.05, 0) is 25.2 Å². The third-order valence-electron chi connectivity index (χ3n) is 6.43. The maximum Gasteiger partial charge on any atom is 0.311 e. The Labute approximate surface area is 262 Å². The molecule has 0 N–H and O–H groups in total. The van der Waals surface area contributed by atoms with E-state index < -0.39 is 167 Å². The monoisotopic (exact) mass is 730 g/mol. The Morgan fingerprint density at radius 2 is 0.490 bits per heavy atom. The fourth-order valence-electron chi connectivity index (χ4n) is 3.92. The zero-order chi connectivity index (χ0) is 37.1. The maximum absolute atomic E-state index is 13.9. The lowest BCUT2D eigenvalue weighted by molar-refractivity contribution is -0.135. The van der Waals surface area contributed by atoms with Gasteiger partial charge >= 0.3 is 17.9 Å². The summed E-state index contributed by atoms with van der Waals surface area (Å²) in [4.78, 5) is 36.5. The van der Waals surface area contributed by atoms with Gasteiger partial charge in [-0.2, -0.15) is 26.3 Å². The molecule has 0 aliphatic rings. The number of halogens is 15. The molecular formula is C28H13F15O6. The molecule has 3 aromatic rings. The van der Waals surface area contributed by atoms with Crippen LogP contribution in [0.25, 0.3) is 0 Å². The molecule has 0 aliphatic carbocycles. The summed E-state index contributed by atoms with van der Waals surface area (Å²) in [6, 6.07) is 0. The van der Waals surface area contributed by atoms with Crippen LogP contribution in [0, 0.1) is 93.2 Å². The average Bonchev–Trinajstić information content (AvgIpc) is 3.08. The highest BCUT2D eigenvalue weighted by Gasteiger charge is 2.32. The van der Waals surface area contributed by atoms with Crippen LogP contribution in [0.15, 0.2) is 0 Å². The van der Waals surface area contributed by atoms with Crippen molar-refractivity contribution in [2.24, 2.45) is 5.92 Å². The molecule has 21 heteroatoms. The van der Waals surface area contributed by atoms with Crippen LogP contribution in [-0.2, 0) is 14.4 Å². The van der Waals surface area contributed by atoms with E-state index in [2.05, 4.69) is 14.2 Å². The second-order valence-electron chi connectivity index (χ2n) is 9.60. The van der Waals surface area contributed by atoms with Crippen LogP contribution in [0.3, 0.4) is 0 Å². The van der Waals surface area contributed by atoms with Gasteiger partial charge in [-0.1, -0.05) is 0 Å². The van der Waals surface area contributed by atoms with Gasteiger partial charge < -0.3 is 14.2 Å². The Bertz CT molecular complexity index is 1540. The quantitative estimate of drug-likeness (QED) is 0.0622. The van der Waals surface area contributed by atoms with E-state index >= 15 is 0 Å². The first kappa shape index (κ1) is 38.5. The van der Waals surface area contributed by atoms with Crippen molar-refractivity contribution < 1.29 is 94.5 Å². The van der Waals surface area contributed by atoms with E-state index in [0.717, 1.165) is 0 Å². The smallest absolute Gasteiger partial charge is 0.311 e. The molecule has 0 unspecified atom stereocenters. The molecule has 3 rings (SSSR count). The number of benzene rings is 3. The zero-order valence-electron chi connectivity index (χ0n) is 23.4. The van der Waals surface area contributed by atoms with Crippen LogP contribution in [0.1, 0.15) is 38.5 Å². The molecule has 0 heterocycles. The van der Waals surface area contributed by atoms with Crippen molar-refractivity contribution in [3.05, 3.63) is 87.3 Å². The third-order valence-corrected chi connectivity index (χ3v) is 6.43. The number of ether oxygens (including phenoxy) is 3. The summed E-state index contributed by atoms with van der Waals surface area (Å²) in [5.41, 5.74) is 0. The number of hydrogen-bond donors (Lipinski definition) is 0. The first-order valence-electron chi connectivity index (χ1n) is 13.0. The summed E-state index contributed by atoms with van der Waals surface area (Å²) in [6.07, 6.45) is -5.07. The minimum atomic E-state index is -2.59. The van der Waals surface area contributed by atoms with Crippen molar-refractivity contribution in [1.82, 2.24) is 0 Å². The van der Waals surface area contributed by atoms with Crippen molar-refractivity contribution in [2.45, 2.75) is 38.5 Å². The van der Waals surface area contributed by atoms with E-state index in [-0.39, 0.29) is 0 Å². The Hall–Kier alpha value is -4.98. The summed E-state index contributed by atoms with van der Waals surface area (Å²) in [5.74, 6) is -50.4. The van der Waals surface area contributed by atoms with E-state index in [1.807, 2.05) is 0 Å². The van der Waals surface area contributed by atoms with E-state index in [1.165, 1.54) is 0 Å². The van der Waals surface area contributed by atoms with E-state index in [4.69, 9.17) is 0 Å². The van der Waals surface area contributed by atoms with Gasteiger partial charge in [0.05, 0.1) is 0 Å². The standard InChI is InChI=1S/C28H13F15O6/c29-11-14(32)20(38)26(21(39)15(11)33)47-8(44)4-1-7(2-5-9(45)48-27-22(40)16(34)12(30)17(35)23(27)41)3-6-10(46)49-28-24(42)18(36)13(31)19(37)25(28)43/h7H,1-6H2. The Morgan fingerprint density at radius 3 is 0.673 bits per heavy atom. The lowest BCUT2D eigenvalue weighted by Gasteiger charge is -2.17. The molecule has 0 saturated carbocycles. The van der Waals surface area contributed by atoms with Gasteiger partial charge in [0.2, 0.25) is 105 Å². The van der Waals surface area contributed by atoms with Crippen molar-refractivity contribution in [1.29, 1.82) is 0 Å². The normalized spacial score (nSPS) is 11.3. The fraction of sp³-hybridized carbons (Fsp3) is 0.250. The summed E-state index contributed by atoms with van der Waals surface area (Å²) < 4.78 is 216. The van der Waals surface area contributed by atoms with E-state index in [0.29, 0.717) is 0 Å². The van der Waals surface area contributed by atoms with Crippen LogP contribution >= 0.6 is 0 Å². The number of hydrogen-bond acceptors (Lipinski definition) is 6. The van der Waals surface area contributed by atoms with E-state index in [9.17, 15) is 80.2 Å². The van der Waals surface area contributed by atoms with Crippen molar-refractivity contribution in [3.8, 4) is 17.2 Å². The van der Waals surface area contributed by atoms with Gasteiger partial charge in [0.25, 0.3) is 0 Å². The van der Waals surface area contributed by atoms with Crippen LogP contribution in [-0.4, -0.2) is 17.9 Å². The fourth-order valence-corrected chi connectivity index (χ4v) is 3.92. The summed E-state index contributed by atoms with van der Waals surface area (Å²) in [6.45, 7) is 0. The number of carbonyl (C=O) groups is 3. The molecular weight excluding hydrogens is 717 g/mol. The van der Waals surface area contributed by atoms with Crippen molar-refractivity contribution >= 4 is 17.9 Å². The van der Waals surface area contributed by atoms with Crippen LogP contribution < -0.4 is 14.2 Å². The van der Waals surface area contributed by atoms with Crippen LogP contribution in [0.4, 0.5) is 65.9 Å². The van der Waals surface area contributed by atoms with Gasteiger partial charge in [-0.3, -0.25) is 14.4 Å².